The van der Waals surface area contributed by atoms with E-state index in [1.54, 1.807) is 24.3 Å². The van der Waals surface area contributed by atoms with Crippen molar-refractivity contribution < 1.29 is 25.0 Å². The molecule has 0 spiro atoms. The number of hydrogen-bond acceptors (Lipinski definition) is 6. The molecule has 0 aromatic heterocycles. The van der Waals surface area contributed by atoms with Crippen molar-refractivity contribution in [2.75, 3.05) is 13.2 Å². The third kappa shape index (κ3) is 7.85. The van der Waals surface area contributed by atoms with Gasteiger partial charge in [-0.15, -0.1) is 0 Å². The summed E-state index contributed by atoms with van der Waals surface area (Å²) < 4.78 is 0. The molecule has 8 heteroatoms. The van der Waals surface area contributed by atoms with E-state index in [2.05, 4.69) is 22.5 Å². The minimum atomic E-state index is -1.27. The van der Waals surface area contributed by atoms with Crippen LogP contribution in [0.25, 0.3) is 0 Å². The quantitative estimate of drug-likeness (QED) is 0.151. The van der Waals surface area contributed by atoms with E-state index in [4.69, 9.17) is 10.3 Å². The molecule has 2 aromatic carbocycles. The summed E-state index contributed by atoms with van der Waals surface area (Å²) in [7, 11) is 0. The molecule has 8 nitrogen and oxygen atoms in total. The van der Waals surface area contributed by atoms with Gasteiger partial charge in [0.2, 0.25) is 0 Å². The van der Waals surface area contributed by atoms with Gasteiger partial charge in [0.1, 0.15) is 6.04 Å². The van der Waals surface area contributed by atoms with Gasteiger partial charge in [-0.1, -0.05) is 24.0 Å². The van der Waals surface area contributed by atoms with Gasteiger partial charge in [-0.05, 0) is 61.9 Å². The number of amides is 2. The average molecular weight is 425 g/mol. The van der Waals surface area contributed by atoms with E-state index in [0.29, 0.717) is 11.1 Å². The van der Waals surface area contributed by atoms with Crippen LogP contribution in [0.2, 0.25) is 0 Å². The third-order valence-electron chi connectivity index (χ3n) is 4.45. The number of aliphatic hydroxyl groups excluding tert-OH is 2. The Morgan fingerprint density at radius 1 is 1.00 bits per heavy atom. The normalized spacial score (nSPS) is 12.3. The molecule has 164 valence electrons. The maximum atomic E-state index is 12.3. The Morgan fingerprint density at radius 3 is 2.10 bits per heavy atom. The fourth-order valence-corrected chi connectivity index (χ4v) is 2.69. The van der Waals surface area contributed by atoms with Gasteiger partial charge < -0.3 is 20.8 Å². The molecule has 0 fully saturated rings. The molecule has 6 N–H and O–H groups in total. The molecule has 2 rings (SSSR count). The smallest absolute Gasteiger partial charge is 0.268 e. The van der Waals surface area contributed by atoms with Crippen molar-refractivity contribution in [3.05, 3.63) is 70.8 Å². The predicted octanol–water partition coefficient (Wildman–Crippen LogP) is 0.543. The van der Waals surface area contributed by atoms with Crippen molar-refractivity contribution in [1.82, 2.24) is 16.1 Å². The van der Waals surface area contributed by atoms with Crippen LogP contribution >= 0.6 is 0 Å². The van der Waals surface area contributed by atoms with Crippen molar-refractivity contribution in [3.8, 4) is 11.8 Å². The minimum Gasteiger partial charge on any atom is -0.396 e. The Balaban J connectivity index is 1.96. The van der Waals surface area contributed by atoms with Crippen molar-refractivity contribution in [3.63, 3.8) is 0 Å². The van der Waals surface area contributed by atoms with E-state index in [-0.39, 0.29) is 6.61 Å². The summed E-state index contributed by atoms with van der Waals surface area (Å²) in [5.41, 5.74) is 4.41. The number of carbonyl (C=O) groups excluding carboxylic acids is 2. The van der Waals surface area contributed by atoms with Crippen LogP contribution in [0.15, 0.2) is 48.5 Å². The molecule has 0 aliphatic heterocycles. The monoisotopic (exact) mass is 425 g/mol. The predicted molar refractivity (Wildman–Crippen MR) is 115 cm³/mol. The van der Waals surface area contributed by atoms with E-state index in [1.807, 2.05) is 24.3 Å². The maximum Gasteiger partial charge on any atom is 0.268 e. The summed E-state index contributed by atoms with van der Waals surface area (Å²) >= 11 is 0. The van der Waals surface area contributed by atoms with Gasteiger partial charge in [-0.2, -0.15) is 0 Å². The minimum absolute atomic E-state index is 0.177. The Bertz CT molecular complexity index is 915. The largest absolute Gasteiger partial charge is 0.396 e. The number of hydroxylamine groups is 1. The fraction of sp³-hybridized carbons (Fsp3) is 0.304. The zero-order valence-corrected chi connectivity index (χ0v) is 17.3. The second kappa shape index (κ2) is 12.5. The van der Waals surface area contributed by atoms with Gasteiger partial charge in [-0.25, -0.2) is 5.48 Å². The van der Waals surface area contributed by atoms with Crippen molar-refractivity contribution in [1.29, 1.82) is 0 Å². The summed E-state index contributed by atoms with van der Waals surface area (Å²) in [5, 5.41) is 32.7. The summed E-state index contributed by atoms with van der Waals surface area (Å²) in [6, 6.07) is 13.1. The second-order valence-corrected chi connectivity index (χ2v) is 6.95. The lowest BCUT2D eigenvalue weighted by atomic mass is 10.1. The number of carbonyl (C=O) groups is 2. The van der Waals surface area contributed by atoms with E-state index in [0.717, 1.165) is 30.6 Å². The van der Waals surface area contributed by atoms with Crippen LogP contribution in [-0.2, 0) is 11.3 Å². The van der Waals surface area contributed by atoms with Crippen molar-refractivity contribution in [2.24, 2.45) is 0 Å². The molecule has 0 unspecified atom stereocenters. The lowest BCUT2D eigenvalue weighted by molar-refractivity contribution is -0.133. The number of hydrogen-bond donors (Lipinski definition) is 6. The number of rotatable bonds is 9. The molecule has 31 heavy (non-hydrogen) atoms. The molecular weight excluding hydrogens is 398 g/mol. The van der Waals surface area contributed by atoms with Crippen LogP contribution in [0.1, 0.15) is 40.4 Å². The fourth-order valence-electron chi connectivity index (χ4n) is 2.69. The first-order valence-corrected chi connectivity index (χ1v) is 9.90. The van der Waals surface area contributed by atoms with E-state index in [1.165, 1.54) is 12.4 Å². The Labute approximate surface area is 181 Å². The molecule has 0 heterocycles. The Hall–Kier alpha value is -3.22. The SMILES string of the molecule is C[C@@H](O)[C@H](NC(=O)c1ccc(C#Cc2ccc(CNCCCO)cc2)cc1)C(=O)NO. The van der Waals surface area contributed by atoms with Gasteiger partial charge in [0.05, 0.1) is 6.10 Å². The first-order valence-electron chi connectivity index (χ1n) is 9.90. The molecule has 0 saturated carbocycles. The Kier molecular flexibility index (Phi) is 9.68. The molecule has 0 radical (unpaired) electrons. The third-order valence-corrected chi connectivity index (χ3v) is 4.45. The van der Waals surface area contributed by atoms with Crippen molar-refractivity contribution in [2.45, 2.75) is 32.0 Å². The molecule has 2 atom stereocenters. The highest BCUT2D eigenvalue weighted by molar-refractivity contribution is 5.97. The Morgan fingerprint density at radius 2 is 1.58 bits per heavy atom. The first-order chi connectivity index (χ1) is 14.9. The number of aliphatic hydroxyl groups is 2. The highest BCUT2D eigenvalue weighted by Gasteiger charge is 2.25. The second-order valence-electron chi connectivity index (χ2n) is 6.95. The van der Waals surface area contributed by atoms with Gasteiger partial charge in [0.25, 0.3) is 11.8 Å². The summed E-state index contributed by atoms with van der Waals surface area (Å²) in [5.74, 6) is 4.63. The summed E-state index contributed by atoms with van der Waals surface area (Å²) in [4.78, 5) is 23.8. The van der Waals surface area contributed by atoms with Gasteiger partial charge in [-0.3, -0.25) is 14.8 Å². The zero-order chi connectivity index (χ0) is 22.6. The molecule has 2 amide bonds. The molecule has 0 saturated heterocycles. The highest BCUT2D eigenvalue weighted by atomic mass is 16.5. The van der Waals surface area contributed by atoms with Gasteiger partial charge in [0, 0.05) is 29.8 Å². The lowest BCUT2D eigenvalue weighted by Gasteiger charge is -2.19. The molecule has 0 aliphatic rings. The van der Waals surface area contributed by atoms with Crippen molar-refractivity contribution >= 4 is 11.8 Å². The van der Waals surface area contributed by atoms with Gasteiger partial charge in [0.15, 0.2) is 0 Å². The van der Waals surface area contributed by atoms with E-state index >= 15 is 0 Å². The zero-order valence-electron chi connectivity index (χ0n) is 17.3. The topological polar surface area (TPSA) is 131 Å². The standard InChI is InChI=1S/C23H27N3O5/c1-16(28)21(23(30)26-31)25-22(29)20-11-9-18(10-12-20)4-3-17-5-7-19(8-6-17)15-24-13-2-14-27/h5-12,16,21,24,27-28,31H,2,13-15H2,1H3,(H,25,29)(H,26,30)/t16-,21+/m1/s1. The van der Waals surface area contributed by atoms with Crippen LogP contribution in [0.3, 0.4) is 0 Å². The van der Waals surface area contributed by atoms with Crippen LogP contribution < -0.4 is 16.1 Å². The first kappa shape index (κ1) is 24.1. The summed E-state index contributed by atoms with van der Waals surface area (Å²) in [6.45, 7) is 3.00. The summed E-state index contributed by atoms with van der Waals surface area (Å²) in [6.07, 6.45) is -0.452. The lowest BCUT2D eigenvalue weighted by Crippen LogP contribution is -2.51. The van der Waals surface area contributed by atoms with Gasteiger partial charge >= 0.3 is 0 Å². The maximum absolute atomic E-state index is 12.3. The molecule has 2 aromatic rings. The van der Waals surface area contributed by atoms with Crippen LogP contribution in [0.4, 0.5) is 0 Å². The van der Waals surface area contributed by atoms with Crippen LogP contribution in [0, 0.1) is 11.8 Å². The number of nitrogens with one attached hydrogen (secondary N) is 3. The van der Waals surface area contributed by atoms with Crippen LogP contribution in [0.5, 0.6) is 0 Å². The van der Waals surface area contributed by atoms with E-state index < -0.39 is 24.0 Å². The molecule has 0 bridgehead atoms. The molecular formula is C23H27N3O5. The highest BCUT2D eigenvalue weighted by Crippen LogP contribution is 2.07. The van der Waals surface area contributed by atoms with E-state index in [9.17, 15) is 14.7 Å². The average Bonchev–Trinajstić information content (AvgIpc) is 2.79. The van der Waals surface area contributed by atoms with Crippen LogP contribution in [-0.4, -0.2) is 52.5 Å². The number of benzene rings is 2. The molecule has 0 aliphatic carbocycles.